The van der Waals surface area contributed by atoms with Crippen molar-refractivity contribution in [2.75, 3.05) is 17.4 Å². The van der Waals surface area contributed by atoms with Gasteiger partial charge in [-0.1, -0.05) is 89.9 Å². The monoisotopic (exact) mass is 723 g/mol. The summed E-state index contributed by atoms with van der Waals surface area (Å²) < 4.78 is 30.4. The highest BCUT2D eigenvalue weighted by Gasteiger charge is 2.34. The van der Waals surface area contributed by atoms with E-state index in [0.29, 0.717) is 17.3 Å². The maximum absolute atomic E-state index is 14.6. The van der Waals surface area contributed by atoms with Crippen LogP contribution in [0.4, 0.5) is 5.69 Å². The summed E-state index contributed by atoms with van der Waals surface area (Å²) in [6.45, 7) is 7.84. The second kappa shape index (κ2) is 15.8. The van der Waals surface area contributed by atoms with E-state index in [9.17, 15) is 18.0 Å². The Morgan fingerprint density at radius 2 is 1.50 bits per heavy atom. The average Bonchev–Trinajstić information content (AvgIpc) is 3.03. The molecule has 0 saturated heterocycles. The van der Waals surface area contributed by atoms with Gasteiger partial charge >= 0.3 is 0 Å². The fourth-order valence-electron chi connectivity index (χ4n) is 4.91. The van der Waals surface area contributed by atoms with Crippen LogP contribution in [0.1, 0.15) is 36.1 Å². The Morgan fingerprint density at radius 3 is 2.11 bits per heavy atom. The normalized spacial score (nSPS) is 12.1. The molecule has 0 aliphatic rings. The van der Waals surface area contributed by atoms with Crippen LogP contribution in [0.3, 0.4) is 0 Å². The third kappa shape index (κ3) is 9.21. The number of hydrogen-bond donors (Lipinski definition) is 1. The third-order valence-corrected chi connectivity index (χ3v) is 10.2. The zero-order valence-corrected chi connectivity index (χ0v) is 29.6. The predicted molar refractivity (Wildman–Crippen MR) is 188 cm³/mol. The lowest BCUT2D eigenvalue weighted by Gasteiger charge is -2.34. The summed E-state index contributed by atoms with van der Waals surface area (Å²) in [5.74, 6) is -0.623. The topological polar surface area (TPSA) is 86.8 Å². The first-order valence-electron chi connectivity index (χ1n) is 15.1. The maximum Gasteiger partial charge on any atom is 0.264 e. The van der Waals surface area contributed by atoms with Gasteiger partial charge in [0.15, 0.2) is 0 Å². The lowest BCUT2D eigenvalue weighted by atomic mass is 10.0. The summed E-state index contributed by atoms with van der Waals surface area (Å²) in [7, 11) is -4.21. The smallest absolute Gasteiger partial charge is 0.264 e. The van der Waals surface area contributed by atoms with Crippen LogP contribution in [0.15, 0.2) is 106 Å². The number of halogens is 2. The van der Waals surface area contributed by atoms with Gasteiger partial charge in [-0.25, -0.2) is 8.42 Å². The highest BCUT2D eigenvalue weighted by molar-refractivity contribution is 9.10. The van der Waals surface area contributed by atoms with Crippen LogP contribution in [-0.2, 0) is 32.6 Å². The van der Waals surface area contributed by atoms with E-state index < -0.39 is 28.5 Å². The number of carbonyl (C=O) groups excluding carboxylic acids is 2. The Labute approximate surface area is 285 Å². The summed E-state index contributed by atoms with van der Waals surface area (Å²) in [6.07, 6.45) is 0.251. The Balaban J connectivity index is 1.81. The van der Waals surface area contributed by atoms with Gasteiger partial charge < -0.3 is 10.2 Å². The minimum atomic E-state index is -4.21. The van der Waals surface area contributed by atoms with Gasteiger partial charge in [-0.3, -0.25) is 13.9 Å². The molecule has 10 heteroatoms. The number of amides is 2. The molecule has 4 rings (SSSR count). The van der Waals surface area contributed by atoms with Gasteiger partial charge in [-0.15, -0.1) is 0 Å². The van der Waals surface area contributed by atoms with Crippen molar-refractivity contribution in [2.45, 2.75) is 51.6 Å². The van der Waals surface area contributed by atoms with Crippen LogP contribution < -0.4 is 9.62 Å². The molecule has 0 spiro atoms. The van der Waals surface area contributed by atoms with Crippen molar-refractivity contribution in [2.24, 2.45) is 5.92 Å². The van der Waals surface area contributed by atoms with Crippen molar-refractivity contribution in [3.05, 3.63) is 129 Å². The van der Waals surface area contributed by atoms with E-state index in [1.807, 2.05) is 88.4 Å². The van der Waals surface area contributed by atoms with Crippen LogP contribution in [0, 0.1) is 19.8 Å². The molecule has 0 aromatic heterocycles. The second-order valence-electron chi connectivity index (χ2n) is 11.7. The van der Waals surface area contributed by atoms with E-state index >= 15 is 0 Å². The lowest BCUT2D eigenvalue weighted by Crippen LogP contribution is -2.53. The van der Waals surface area contributed by atoms with Crippen LogP contribution in [0.5, 0.6) is 0 Å². The number of benzene rings is 4. The van der Waals surface area contributed by atoms with E-state index in [4.69, 9.17) is 11.6 Å². The number of rotatable bonds is 13. The number of hydrogen-bond acceptors (Lipinski definition) is 4. The van der Waals surface area contributed by atoms with Crippen molar-refractivity contribution in [3.63, 3.8) is 0 Å². The molecule has 2 amide bonds. The number of anilines is 1. The fraction of sp³-hybridized carbons (Fsp3) is 0.278. The first kappa shape index (κ1) is 35.2. The second-order valence-corrected chi connectivity index (χ2v) is 14.9. The summed E-state index contributed by atoms with van der Waals surface area (Å²) in [4.78, 5) is 29.9. The molecule has 1 atom stereocenters. The first-order chi connectivity index (χ1) is 21.8. The Morgan fingerprint density at radius 1 is 0.848 bits per heavy atom. The largest absolute Gasteiger partial charge is 0.354 e. The van der Waals surface area contributed by atoms with Crippen molar-refractivity contribution < 1.29 is 18.0 Å². The van der Waals surface area contributed by atoms with Crippen LogP contribution in [0.25, 0.3) is 0 Å². The van der Waals surface area contributed by atoms with Gasteiger partial charge in [0, 0.05) is 29.0 Å². The zero-order chi connectivity index (χ0) is 33.4. The quantitative estimate of drug-likeness (QED) is 0.157. The molecule has 0 heterocycles. The predicted octanol–water partition coefficient (Wildman–Crippen LogP) is 7.33. The SMILES string of the molecule is Cc1ccc(N(CC(=O)N(Cc2ccc(Br)cc2)[C@H](Cc2ccccc2)C(=O)NCC(C)C)S(=O)(=O)c2ccc(Cl)cc2)cc1C. The van der Waals surface area contributed by atoms with E-state index in [1.54, 1.807) is 12.1 Å². The molecule has 4 aromatic rings. The third-order valence-electron chi connectivity index (χ3n) is 7.68. The summed E-state index contributed by atoms with van der Waals surface area (Å²) in [6, 6.07) is 27.2. The minimum Gasteiger partial charge on any atom is -0.354 e. The number of aryl methyl sites for hydroxylation is 2. The van der Waals surface area contributed by atoms with Crippen molar-refractivity contribution in [3.8, 4) is 0 Å². The highest BCUT2D eigenvalue weighted by Crippen LogP contribution is 2.28. The standard InChI is InChI=1S/C36H39BrClN3O4S/c1-25(2)22-39-36(43)34(21-28-8-6-5-7-9-28)40(23-29-11-13-30(37)14-12-29)35(42)24-41(32-17-10-26(3)27(4)20-32)46(44,45)33-18-15-31(38)16-19-33/h5-20,25,34H,21-24H2,1-4H3,(H,39,43)/t34-/m1/s1. The van der Waals surface area contributed by atoms with Crippen LogP contribution in [-0.4, -0.2) is 44.3 Å². The van der Waals surface area contributed by atoms with Gasteiger partial charge in [0.2, 0.25) is 11.8 Å². The molecule has 46 heavy (non-hydrogen) atoms. The number of nitrogens with zero attached hydrogens (tertiary/aromatic N) is 2. The summed E-state index contributed by atoms with van der Waals surface area (Å²) in [5, 5.41) is 3.40. The van der Waals surface area contributed by atoms with Gasteiger partial charge in [-0.2, -0.15) is 0 Å². The fourth-order valence-corrected chi connectivity index (χ4v) is 6.70. The Bertz CT molecular complexity index is 1750. The number of nitrogens with one attached hydrogen (secondary N) is 1. The molecule has 0 bridgehead atoms. The molecular weight excluding hydrogens is 686 g/mol. The molecule has 0 unspecified atom stereocenters. The van der Waals surface area contributed by atoms with Gasteiger partial charge in [0.1, 0.15) is 12.6 Å². The molecule has 7 nitrogen and oxygen atoms in total. The molecular formula is C36H39BrClN3O4S. The molecule has 0 fully saturated rings. The van der Waals surface area contributed by atoms with Gasteiger partial charge in [-0.05, 0) is 90.6 Å². The van der Waals surface area contributed by atoms with E-state index in [1.165, 1.54) is 29.2 Å². The van der Waals surface area contributed by atoms with E-state index in [0.717, 1.165) is 31.0 Å². The van der Waals surface area contributed by atoms with Gasteiger partial charge in [0.05, 0.1) is 10.6 Å². The van der Waals surface area contributed by atoms with Crippen molar-refractivity contribution >= 4 is 55.1 Å². The zero-order valence-electron chi connectivity index (χ0n) is 26.4. The number of carbonyl (C=O) groups is 2. The lowest BCUT2D eigenvalue weighted by molar-refractivity contribution is -0.140. The molecule has 0 saturated carbocycles. The minimum absolute atomic E-state index is 0.00194. The molecule has 0 aliphatic carbocycles. The Hall–Kier alpha value is -3.66. The van der Waals surface area contributed by atoms with E-state index in [-0.39, 0.29) is 29.7 Å². The maximum atomic E-state index is 14.6. The molecule has 1 N–H and O–H groups in total. The van der Waals surface area contributed by atoms with Crippen LogP contribution >= 0.6 is 27.5 Å². The van der Waals surface area contributed by atoms with Crippen molar-refractivity contribution in [1.82, 2.24) is 10.2 Å². The highest BCUT2D eigenvalue weighted by atomic mass is 79.9. The van der Waals surface area contributed by atoms with Crippen LogP contribution in [0.2, 0.25) is 5.02 Å². The van der Waals surface area contributed by atoms with Gasteiger partial charge in [0.25, 0.3) is 10.0 Å². The molecule has 0 aliphatic heterocycles. The molecule has 0 radical (unpaired) electrons. The van der Waals surface area contributed by atoms with Crippen molar-refractivity contribution in [1.29, 1.82) is 0 Å². The average molecular weight is 725 g/mol. The Kier molecular flexibility index (Phi) is 12.1. The van der Waals surface area contributed by atoms with E-state index in [2.05, 4.69) is 21.2 Å². The first-order valence-corrected chi connectivity index (χ1v) is 17.7. The summed E-state index contributed by atoms with van der Waals surface area (Å²) in [5.41, 5.74) is 3.88. The number of sulfonamides is 1. The summed E-state index contributed by atoms with van der Waals surface area (Å²) >= 11 is 9.54. The molecule has 4 aromatic carbocycles. The molecule has 242 valence electrons.